The lowest BCUT2D eigenvalue weighted by molar-refractivity contribution is 0.110. The summed E-state index contributed by atoms with van der Waals surface area (Å²) in [7, 11) is 1.88. The van der Waals surface area contributed by atoms with Gasteiger partial charge in [-0.15, -0.1) is 0 Å². The van der Waals surface area contributed by atoms with Gasteiger partial charge in [-0.3, -0.25) is 0 Å². The number of nitrogens with one attached hydrogen (secondary N) is 1. The summed E-state index contributed by atoms with van der Waals surface area (Å²) < 4.78 is 18.8. The summed E-state index contributed by atoms with van der Waals surface area (Å²) in [5, 5.41) is 3.06. The molecular weight excluding hydrogens is 193 g/mol. The van der Waals surface area contributed by atoms with Crippen molar-refractivity contribution >= 4 is 0 Å². The van der Waals surface area contributed by atoms with Gasteiger partial charge < -0.3 is 10.1 Å². The second-order valence-electron chi connectivity index (χ2n) is 4.30. The van der Waals surface area contributed by atoms with Gasteiger partial charge in [-0.05, 0) is 51.6 Å². The van der Waals surface area contributed by atoms with Crippen LogP contribution >= 0.6 is 0 Å². The van der Waals surface area contributed by atoms with Crippen molar-refractivity contribution in [2.24, 2.45) is 0 Å². The zero-order chi connectivity index (χ0) is 11.5. The van der Waals surface area contributed by atoms with E-state index in [-0.39, 0.29) is 11.4 Å². The zero-order valence-electron chi connectivity index (χ0n) is 9.73. The van der Waals surface area contributed by atoms with Crippen LogP contribution in [0, 0.1) is 12.7 Å². The molecule has 0 spiro atoms. The number of hydrogen-bond donors (Lipinski definition) is 1. The van der Waals surface area contributed by atoms with Crippen LogP contribution in [0.1, 0.15) is 19.4 Å². The van der Waals surface area contributed by atoms with E-state index in [1.807, 2.05) is 20.9 Å². The van der Waals surface area contributed by atoms with E-state index in [9.17, 15) is 4.39 Å². The van der Waals surface area contributed by atoms with Crippen molar-refractivity contribution in [3.05, 3.63) is 29.6 Å². The van der Waals surface area contributed by atoms with E-state index >= 15 is 0 Å². The van der Waals surface area contributed by atoms with E-state index in [2.05, 4.69) is 5.32 Å². The minimum absolute atomic E-state index is 0.200. The number of aryl methyl sites for hydroxylation is 1. The smallest absolute Gasteiger partial charge is 0.126 e. The third-order valence-corrected chi connectivity index (χ3v) is 2.13. The Kier molecular flexibility index (Phi) is 3.69. The molecule has 0 heterocycles. The van der Waals surface area contributed by atoms with Crippen LogP contribution in [0.2, 0.25) is 0 Å². The van der Waals surface area contributed by atoms with Crippen LogP contribution in [0.15, 0.2) is 18.2 Å². The fraction of sp³-hybridized carbons (Fsp3) is 0.500. The molecule has 0 unspecified atom stereocenters. The number of hydrogen-bond acceptors (Lipinski definition) is 2. The van der Waals surface area contributed by atoms with Crippen LogP contribution in [0.5, 0.6) is 5.75 Å². The Morgan fingerprint density at radius 2 is 2.07 bits per heavy atom. The van der Waals surface area contributed by atoms with Crippen LogP contribution in [0.25, 0.3) is 0 Å². The molecule has 0 amide bonds. The highest BCUT2D eigenvalue weighted by Crippen LogP contribution is 2.20. The Balaban J connectivity index is 2.76. The van der Waals surface area contributed by atoms with E-state index < -0.39 is 0 Å². The summed E-state index contributed by atoms with van der Waals surface area (Å²) in [6.45, 7) is 6.45. The molecule has 0 saturated heterocycles. The predicted molar refractivity (Wildman–Crippen MR) is 59.8 cm³/mol. The maximum atomic E-state index is 13.0. The van der Waals surface area contributed by atoms with Gasteiger partial charge in [-0.25, -0.2) is 4.39 Å². The second kappa shape index (κ2) is 4.62. The third-order valence-electron chi connectivity index (χ3n) is 2.13. The summed E-state index contributed by atoms with van der Waals surface area (Å²) in [4.78, 5) is 0. The van der Waals surface area contributed by atoms with Gasteiger partial charge in [-0.1, -0.05) is 0 Å². The average Bonchev–Trinajstić information content (AvgIpc) is 2.10. The molecule has 1 aromatic rings. The van der Waals surface area contributed by atoms with Crippen molar-refractivity contribution in [3.63, 3.8) is 0 Å². The van der Waals surface area contributed by atoms with Gasteiger partial charge in [0.2, 0.25) is 0 Å². The maximum absolute atomic E-state index is 13.0. The van der Waals surface area contributed by atoms with E-state index in [0.29, 0.717) is 11.3 Å². The van der Waals surface area contributed by atoms with E-state index in [0.717, 1.165) is 6.54 Å². The molecule has 1 aromatic carbocycles. The van der Waals surface area contributed by atoms with Crippen molar-refractivity contribution in [1.29, 1.82) is 0 Å². The average molecular weight is 211 g/mol. The highest BCUT2D eigenvalue weighted by molar-refractivity contribution is 5.29. The number of halogens is 1. The molecule has 0 aromatic heterocycles. The lowest BCUT2D eigenvalue weighted by Gasteiger charge is -2.26. The van der Waals surface area contributed by atoms with E-state index in [4.69, 9.17) is 4.74 Å². The molecule has 0 fully saturated rings. The minimum Gasteiger partial charge on any atom is -0.487 e. The van der Waals surface area contributed by atoms with Crippen LogP contribution in [0.3, 0.4) is 0 Å². The molecule has 1 N–H and O–H groups in total. The summed E-state index contributed by atoms with van der Waals surface area (Å²) >= 11 is 0. The monoisotopic (exact) mass is 211 g/mol. The topological polar surface area (TPSA) is 21.3 Å². The van der Waals surface area contributed by atoms with E-state index in [1.54, 1.807) is 19.1 Å². The summed E-state index contributed by atoms with van der Waals surface area (Å²) in [6.07, 6.45) is 0. The van der Waals surface area contributed by atoms with Crippen molar-refractivity contribution in [1.82, 2.24) is 5.32 Å². The summed E-state index contributed by atoms with van der Waals surface area (Å²) in [5.41, 5.74) is 0.312. The molecule has 0 aliphatic rings. The summed E-state index contributed by atoms with van der Waals surface area (Å²) in [5.74, 6) is 0.503. The lowest BCUT2D eigenvalue weighted by Crippen LogP contribution is -2.38. The lowest BCUT2D eigenvalue weighted by atomic mass is 10.1. The molecule has 2 nitrogen and oxygen atoms in total. The van der Waals surface area contributed by atoms with Crippen molar-refractivity contribution in [2.45, 2.75) is 26.4 Å². The molecule has 1 rings (SSSR count). The predicted octanol–water partition coefficient (Wildman–Crippen LogP) is 2.51. The van der Waals surface area contributed by atoms with Gasteiger partial charge in [0.15, 0.2) is 0 Å². The fourth-order valence-electron chi connectivity index (χ4n) is 1.46. The van der Waals surface area contributed by atoms with E-state index in [1.165, 1.54) is 6.07 Å². The highest BCUT2D eigenvalue weighted by Gasteiger charge is 2.18. The van der Waals surface area contributed by atoms with Gasteiger partial charge in [0.05, 0.1) is 0 Å². The van der Waals surface area contributed by atoms with Gasteiger partial charge in [0.1, 0.15) is 17.2 Å². The molecule has 0 saturated carbocycles. The SMILES string of the molecule is CNCC(C)(C)Oc1ccc(F)c(C)c1. The largest absolute Gasteiger partial charge is 0.487 e. The maximum Gasteiger partial charge on any atom is 0.126 e. The Bertz CT molecular complexity index is 336. The van der Waals surface area contributed by atoms with Gasteiger partial charge in [0, 0.05) is 6.54 Å². The first-order chi connectivity index (χ1) is 6.94. The molecule has 84 valence electrons. The van der Waals surface area contributed by atoms with Gasteiger partial charge in [0.25, 0.3) is 0 Å². The third kappa shape index (κ3) is 3.51. The molecule has 15 heavy (non-hydrogen) atoms. The summed E-state index contributed by atoms with van der Waals surface area (Å²) in [6, 6.07) is 4.80. The van der Waals surface area contributed by atoms with Crippen molar-refractivity contribution < 1.29 is 9.13 Å². The van der Waals surface area contributed by atoms with Crippen LogP contribution in [-0.2, 0) is 0 Å². The molecular formula is C12H18FNO. The fourth-order valence-corrected chi connectivity index (χ4v) is 1.46. The first kappa shape index (κ1) is 12.0. The highest BCUT2D eigenvalue weighted by atomic mass is 19.1. The Labute approximate surface area is 90.4 Å². The molecule has 0 atom stereocenters. The van der Waals surface area contributed by atoms with Crippen molar-refractivity contribution in [3.8, 4) is 5.75 Å². The minimum atomic E-state index is -0.293. The first-order valence-corrected chi connectivity index (χ1v) is 5.04. The van der Waals surface area contributed by atoms with Gasteiger partial charge >= 0.3 is 0 Å². The normalized spacial score (nSPS) is 11.5. The number of rotatable bonds is 4. The van der Waals surface area contributed by atoms with Crippen molar-refractivity contribution in [2.75, 3.05) is 13.6 Å². The first-order valence-electron chi connectivity index (χ1n) is 5.04. The molecule has 0 radical (unpaired) electrons. The van der Waals surface area contributed by atoms with Gasteiger partial charge in [-0.2, -0.15) is 0 Å². The number of benzene rings is 1. The van der Waals surface area contributed by atoms with Crippen LogP contribution < -0.4 is 10.1 Å². The molecule has 0 aliphatic heterocycles. The number of ether oxygens (including phenoxy) is 1. The number of likely N-dealkylation sites (N-methyl/N-ethyl adjacent to an activating group) is 1. The second-order valence-corrected chi connectivity index (χ2v) is 4.30. The Morgan fingerprint density at radius 3 is 2.60 bits per heavy atom. The van der Waals surface area contributed by atoms with Crippen LogP contribution in [0.4, 0.5) is 4.39 Å². The molecule has 3 heteroatoms. The molecule has 0 bridgehead atoms. The zero-order valence-corrected chi connectivity index (χ0v) is 9.73. The standard InChI is InChI=1S/C12H18FNO/c1-9-7-10(5-6-11(9)13)15-12(2,3)8-14-4/h5-7,14H,8H2,1-4H3. The van der Waals surface area contributed by atoms with Crippen LogP contribution in [-0.4, -0.2) is 19.2 Å². The quantitative estimate of drug-likeness (QED) is 0.826. The molecule has 0 aliphatic carbocycles. The Hall–Kier alpha value is -1.09. The Morgan fingerprint density at radius 1 is 1.40 bits per heavy atom.